The van der Waals surface area contributed by atoms with Crippen LogP contribution in [0.15, 0.2) is 12.1 Å². The molecule has 2 rings (SSSR count). The number of hydrogen-bond acceptors (Lipinski definition) is 5. The monoisotopic (exact) mass is 250 g/mol. The van der Waals surface area contributed by atoms with Crippen LogP contribution in [-0.2, 0) is 0 Å². The van der Waals surface area contributed by atoms with Gasteiger partial charge in [0, 0.05) is 31.7 Å². The van der Waals surface area contributed by atoms with Gasteiger partial charge in [-0.25, -0.2) is 0 Å². The average molecular weight is 250 g/mol. The van der Waals surface area contributed by atoms with Crippen LogP contribution in [0.2, 0.25) is 0 Å². The highest BCUT2D eigenvalue weighted by Gasteiger charge is 2.24. The topological polar surface area (TPSA) is 54.6 Å². The Balaban J connectivity index is 2.17. The van der Waals surface area contributed by atoms with Crippen LogP contribution in [-0.4, -0.2) is 49.2 Å². The molecule has 1 fully saturated rings. The lowest BCUT2D eigenvalue weighted by Gasteiger charge is -2.40. The number of aromatic nitrogens is 1. The van der Waals surface area contributed by atoms with Crippen LogP contribution in [0.4, 0.5) is 11.5 Å². The zero-order valence-corrected chi connectivity index (χ0v) is 11.4. The molecule has 0 amide bonds. The summed E-state index contributed by atoms with van der Waals surface area (Å²) in [6.07, 6.45) is 0. The molecule has 1 aromatic rings. The lowest BCUT2D eigenvalue weighted by Crippen LogP contribution is -2.52. The highest BCUT2D eigenvalue weighted by Crippen LogP contribution is 2.25. The molecule has 1 aliphatic heterocycles. The molecule has 100 valence electrons. The number of nitrogen functional groups attached to an aromatic ring is 1. The molecule has 0 saturated carbocycles. The summed E-state index contributed by atoms with van der Waals surface area (Å²) < 4.78 is 5.17. The first-order chi connectivity index (χ1) is 8.65. The van der Waals surface area contributed by atoms with Crippen molar-refractivity contribution in [1.29, 1.82) is 0 Å². The average Bonchev–Trinajstić information content (AvgIpc) is 2.39. The predicted octanol–water partition coefficient (Wildman–Crippen LogP) is 1.20. The second-order valence-corrected chi connectivity index (χ2v) is 4.69. The number of nitrogens with two attached hydrogens (primary N) is 1. The van der Waals surface area contributed by atoms with E-state index >= 15 is 0 Å². The third kappa shape index (κ3) is 2.51. The second-order valence-electron chi connectivity index (χ2n) is 4.69. The maximum Gasteiger partial charge on any atom is 0.215 e. The summed E-state index contributed by atoms with van der Waals surface area (Å²) in [6, 6.07) is 4.18. The number of hydrogen-bond donors (Lipinski definition) is 1. The van der Waals surface area contributed by atoms with Gasteiger partial charge in [0.05, 0.1) is 12.8 Å². The van der Waals surface area contributed by atoms with Crippen LogP contribution < -0.4 is 15.4 Å². The Labute approximate surface area is 109 Å². The van der Waals surface area contributed by atoms with E-state index in [-0.39, 0.29) is 0 Å². The van der Waals surface area contributed by atoms with E-state index in [4.69, 9.17) is 10.5 Å². The van der Waals surface area contributed by atoms with E-state index in [1.54, 1.807) is 13.2 Å². The largest absolute Gasteiger partial charge is 0.481 e. The SMILES string of the molecule is CCN1CCN(c2nc(OC)ccc2N)CC1C. The van der Waals surface area contributed by atoms with Crippen molar-refractivity contribution >= 4 is 11.5 Å². The van der Waals surface area contributed by atoms with E-state index in [9.17, 15) is 0 Å². The molecule has 1 atom stereocenters. The Morgan fingerprint density at radius 1 is 1.44 bits per heavy atom. The molecular weight excluding hydrogens is 228 g/mol. The standard InChI is InChI=1S/C13H22N4O/c1-4-16-7-8-17(9-10(16)2)13-11(14)5-6-12(15-13)18-3/h5-6,10H,4,7-9,14H2,1-3H3. The van der Waals surface area contributed by atoms with E-state index in [2.05, 4.69) is 28.6 Å². The van der Waals surface area contributed by atoms with E-state index in [1.807, 2.05) is 6.07 Å². The fourth-order valence-electron chi connectivity index (χ4n) is 2.47. The van der Waals surface area contributed by atoms with E-state index in [0.29, 0.717) is 17.6 Å². The van der Waals surface area contributed by atoms with Gasteiger partial charge in [-0.15, -0.1) is 0 Å². The van der Waals surface area contributed by atoms with Crippen molar-refractivity contribution in [3.63, 3.8) is 0 Å². The minimum Gasteiger partial charge on any atom is -0.481 e. The number of anilines is 2. The smallest absolute Gasteiger partial charge is 0.215 e. The van der Waals surface area contributed by atoms with Gasteiger partial charge in [0.15, 0.2) is 5.82 Å². The van der Waals surface area contributed by atoms with Crippen molar-refractivity contribution in [2.75, 3.05) is 43.9 Å². The quantitative estimate of drug-likeness (QED) is 0.873. The summed E-state index contributed by atoms with van der Waals surface area (Å²) in [5.41, 5.74) is 6.73. The van der Waals surface area contributed by atoms with Crippen molar-refractivity contribution in [1.82, 2.24) is 9.88 Å². The van der Waals surface area contributed by atoms with Crippen LogP contribution in [0.1, 0.15) is 13.8 Å². The number of likely N-dealkylation sites (N-methyl/N-ethyl adjacent to an activating group) is 1. The van der Waals surface area contributed by atoms with Crippen LogP contribution in [0.5, 0.6) is 5.88 Å². The fraction of sp³-hybridized carbons (Fsp3) is 0.615. The first kappa shape index (κ1) is 13.0. The minimum absolute atomic E-state index is 0.524. The molecule has 1 unspecified atom stereocenters. The lowest BCUT2D eigenvalue weighted by molar-refractivity contribution is 0.199. The Morgan fingerprint density at radius 2 is 2.22 bits per heavy atom. The first-order valence-corrected chi connectivity index (χ1v) is 6.45. The van der Waals surface area contributed by atoms with E-state index in [1.165, 1.54) is 0 Å². The highest BCUT2D eigenvalue weighted by atomic mass is 16.5. The molecule has 1 aromatic heterocycles. The summed E-state index contributed by atoms with van der Waals surface area (Å²) in [7, 11) is 1.62. The molecule has 1 aliphatic rings. The molecule has 0 radical (unpaired) electrons. The van der Waals surface area contributed by atoms with Gasteiger partial charge in [-0.05, 0) is 19.5 Å². The molecule has 0 aliphatic carbocycles. The zero-order chi connectivity index (χ0) is 13.1. The van der Waals surface area contributed by atoms with Crippen molar-refractivity contribution in [3.8, 4) is 5.88 Å². The summed E-state index contributed by atoms with van der Waals surface area (Å²) >= 11 is 0. The fourth-order valence-corrected chi connectivity index (χ4v) is 2.47. The Morgan fingerprint density at radius 3 is 2.83 bits per heavy atom. The van der Waals surface area contributed by atoms with Crippen molar-refractivity contribution in [2.24, 2.45) is 0 Å². The summed E-state index contributed by atoms with van der Waals surface area (Å²) in [6.45, 7) is 8.50. The van der Waals surface area contributed by atoms with Crippen LogP contribution >= 0.6 is 0 Å². The summed E-state index contributed by atoms with van der Waals surface area (Å²) in [4.78, 5) is 9.17. The molecule has 2 heterocycles. The van der Waals surface area contributed by atoms with Gasteiger partial charge in [0.1, 0.15) is 0 Å². The van der Waals surface area contributed by atoms with E-state index < -0.39 is 0 Å². The number of ether oxygens (including phenoxy) is 1. The molecule has 18 heavy (non-hydrogen) atoms. The molecule has 0 aromatic carbocycles. The molecule has 5 nitrogen and oxygen atoms in total. The Kier molecular flexibility index (Phi) is 3.91. The highest BCUT2D eigenvalue weighted by molar-refractivity contribution is 5.63. The predicted molar refractivity (Wildman–Crippen MR) is 74.1 cm³/mol. The Hall–Kier alpha value is -1.49. The normalized spacial score (nSPS) is 21.1. The summed E-state index contributed by atoms with van der Waals surface area (Å²) in [5.74, 6) is 1.46. The number of nitrogens with zero attached hydrogens (tertiary/aromatic N) is 3. The third-order valence-corrected chi connectivity index (χ3v) is 3.56. The minimum atomic E-state index is 0.524. The molecule has 2 N–H and O–H groups in total. The number of piperazine rings is 1. The zero-order valence-electron chi connectivity index (χ0n) is 11.4. The molecule has 0 bridgehead atoms. The number of pyridine rings is 1. The van der Waals surface area contributed by atoms with Crippen molar-refractivity contribution in [2.45, 2.75) is 19.9 Å². The van der Waals surface area contributed by atoms with Gasteiger partial charge in [-0.1, -0.05) is 6.92 Å². The van der Waals surface area contributed by atoms with Crippen molar-refractivity contribution in [3.05, 3.63) is 12.1 Å². The maximum absolute atomic E-state index is 6.01. The van der Waals surface area contributed by atoms with Crippen LogP contribution in [0.3, 0.4) is 0 Å². The second kappa shape index (κ2) is 5.44. The van der Waals surface area contributed by atoms with Gasteiger partial charge in [0.25, 0.3) is 0 Å². The molecule has 5 heteroatoms. The van der Waals surface area contributed by atoms with Gasteiger partial charge < -0.3 is 15.4 Å². The van der Waals surface area contributed by atoms with Gasteiger partial charge in [-0.2, -0.15) is 4.98 Å². The molecule has 0 spiro atoms. The first-order valence-electron chi connectivity index (χ1n) is 6.45. The number of methoxy groups -OCH3 is 1. The van der Waals surface area contributed by atoms with Gasteiger partial charge >= 0.3 is 0 Å². The van der Waals surface area contributed by atoms with Crippen LogP contribution in [0.25, 0.3) is 0 Å². The summed E-state index contributed by atoms with van der Waals surface area (Å²) in [5, 5.41) is 0. The molecule has 1 saturated heterocycles. The maximum atomic E-state index is 6.01. The Bertz CT molecular complexity index is 410. The molecular formula is C13H22N4O. The van der Waals surface area contributed by atoms with Crippen LogP contribution in [0, 0.1) is 0 Å². The van der Waals surface area contributed by atoms with Gasteiger partial charge in [-0.3, -0.25) is 4.90 Å². The van der Waals surface area contributed by atoms with Gasteiger partial charge in [0.2, 0.25) is 5.88 Å². The lowest BCUT2D eigenvalue weighted by atomic mass is 10.2. The van der Waals surface area contributed by atoms with Crippen molar-refractivity contribution < 1.29 is 4.74 Å². The third-order valence-electron chi connectivity index (χ3n) is 3.56. The number of rotatable bonds is 3. The van der Waals surface area contributed by atoms with E-state index in [0.717, 1.165) is 32.0 Å².